The first-order chi connectivity index (χ1) is 10.9. The van der Waals surface area contributed by atoms with E-state index in [1.54, 1.807) is 28.3 Å². The molecule has 0 unspecified atom stereocenters. The van der Waals surface area contributed by atoms with Gasteiger partial charge in [-0.15, -0.1) is 0 Å². The van der Waals surface area contributed by atoms with Gasteiger partial charge in [0.25, 0.3) is 5.91 Å². The van der Waals surface area contributed by atoms with Crippen LogP contribution in [-0.2, 0) is 10.0 Å². The minimum Gasteiger partial charge on any atom is -0.508 e. The van der Waals surface area contributed by atoms with Crippen molar-refractivity contribution in [2.75, 3.05) is 25.4 Å². The highest BCUT2D eigenvalue weighted by Crippen LogP contribution is 2.25. The first-order valence-electron chi connectivity index (χ1n) is 7.97. The number of carbonyl (C=O) groups excluding carboxylic acids is 1. The van der Waals surface area contributed by atoms with E-state index in [-0.39, 0.29) is 23.5 Å². The third-order valence-corrected chi connectivity index (χ3v) is 6.69. The predicted molar refractivity (Wildman–Crippen MR) is 86.9 cm³/mol. The number of piperidine rings is 1. The molecule has 0 radical (unpaired) electrons. The summed E-state index contributed by atoms with van der Waals surface area (Å²) in [7, 11) is -3.16. The fraction of sp³-hybridized carbons (Fsp3) is 0.562. The zero-order chi connectivity index (χ0) is 16.6. The van der Waals surface area contributed by atoms with E-state index >= 15 is 0 Å². The number of hydrogen-bond acceptors (Lipinski definition) is 4. The van der Waals surface area contributed by atoms with Crippen LogP contribution in [0.1, 0.15) is 35.2 Å². The monoisotopic (exact) mass is 338 g/mol. The number of amides is 1. The van der Waals surface area contributed by atoms with Crippen LogP contribution in [-0.4, -0.2) is 60.1 Å². The molecule has 126 valence electrons. The van der Waals surface area contributed by atoms with Gasteiger partial charge in [-0.2, -0.15) is 4.31 Å². The number of phenolic OH excluding ortho intramolecular Hbond substituents is 1. The van der Waals surface area contributed by atoms with Gasteiger partial charge < -0.3 is 10.0 Å². The number of nitrogens with zero attached hydrogens (tertiary/aromatic N) is 2. The molecule has 0 saturated carbocycles. The Morgan fingerprint density at radius 2 is 2.04 bits per heavy atom. The molecule has 1 aromatic carbocycles. The van der Waals surface area contributed by atoms with Crippen LogP contribution in [0.15, 0.2) is 18.2 Å². The molecule has 1 amide bonds. The molecule has 1 aromatic rings. The zero-order valence-electron chi connectivity index (χ0n) is 13.2. The maximum Gasteiger partial charge on any atom is 0.254 e. The lowest BCUT2D eigenvalue weighted by Crippen LogP contribution is -2.50. The Balaban J connectivity index is 1.75. The molecular weight excluding hydrogens is 316 g/mol. The molecule has 23 heavy (non-hydrogen) atoms. The summed E-state index contributed by atoms with van der Waals surface area (Å²) >= 11 is 0. The van der Waals surface area contributed by atoms with Gasteiger partial charge in [0.05, 0.1) is 5.75 Å². The quantitative estimate of drug-likeness (QED) is 0.883. The second-order valence-electron chi connectivity index (χ2n) is 6.33. The number of aromatic hydroxyl groups is 1. The van der Waals surface area contributed by atoms with Gasteiger partial charge in [0.15, 0.2) is 0 Å². The molecule has 1 atom stereocenters. The number of rotatable bonds is 2. The summed E-state index contributed by atoms with van der Waals surface area (Å²) in [6, 6.07) is 4.77. The largest absolute Gasteiger partial charge is 0.508 e. The first kappa shape index (κ1) is 16.3. The summed E-state index contributed by atoms with van der Waals surface area (Å²) < 4.78 is 25.7. The van der Waals surface area contributed by atoms with Crippen LogP contribution in [0.2, 0.25) is 0 Å². The maximum absolute atomic E-state index is 12.6. The lowest BCUT2D eigenvalue weighted by molar-refractivity contribution is 0.0658. The lowest BCUT2D eigenvalue weighted by atomic mass is 10.0. The number of carbonyl (C=O) groups is 1. The Bertz CT molecular complexity index is 717. The summed E-state index contributed by atoms with van der Waals surface area (Å²) in [5.74, 6) is 0.164. The number of sulfonamides is 1. The van der Waals surface area contributed by atoms with E-state index in [0.29, 0.717) is 31.6 Å². The van der Waals surface area contributed by atoms with Crippen molar-refractivity contribution in [3.8, 4) is 5.75 Å². The van der Waals surface area contributed by atoms with Gasteiger partial charge in [-0.1, -0.05) is 6.07 Å². The Morgan fingerprint density at radius 3 is 2.70 bits per heavy atom. The fourth-order valence-electron chi connectivity index (χ4n) is 3.37. The minimum atomic E-state index is -3.16. The van der Waals surface area contributed by atoms with Gasteiger partial charge in [0.2, 0.25) is 10.0 Å². The number of aryl methyl sites for hydroxylation is 1. The van der Waals surface area contributed by atoms with Crippen LogP contribution in [0.4, 0.5) is 0 Å². The summed E-state index contributed by atoms with van der Waals surface area (Å²) in [4.78, 5) is 14.3. The van der Waals surface area contributed by atoms with Gasteiger partial charge in [0, 0.05) is 31.2 Å². The highest BCUT2D eigenvalue weighted by atomic mass is 32.2. The van der Waals surface area contributed by atoms with E-state index < -0.39 is 10.0 Å². The second-order valence-corrected chi connectivity index (χ2v) is 8.37. The number of phenols is 1. The van der Waals surface area contributed by atoms with E-state index in [9.17, 15) is 18.3 Å². The number of benzene rings is 1. The Morgan fingerprint density at radius 1 is 1.26 bits per heavy atom. The van der Waals surface area contributed by atoms with E-state index in [4.69, 9.17) is 0 Å². The molecule has 2 saturated heterocycles. The molecule has 0 bridgehead atoms. The van der Waals surface area contributed by atoms with Gasteiger partial charge >= 0.3 is 0 Å². The highest BCUT2D eigenvalue weighted by molar-refractivity contribution is 7.89. The molecular formula is C16H22N2O4S. The Labute approximate surface area is 136 Å². The lowest BCUT2D eigenvalue weighted by Gasteiger charge is -2.36. The molecule has 0 aromatic heterocycles. The van der Waals surface area contributed by atoms with Crippen LogP contribution in [0, 0.1) is 6.92 Å². The highest BCUT2D eigenvalue weighted by Gasteiger charge is 2.37. The summed E-state index contributed by atoms with van der Waals surface area (Å²) in [5.41, 5.74) is 1.17. The van der Waals surface area contributed by atoms with Crippen molar-refractivity contribution in [3.05, 3.63) is 29.3 Å². The van der Waals surface area contributed by atoms with Crippen molar-refractivity contribution in [1.29, 1.82) is 0 Å². The van der Waals surface area contributed by atoms with Crippen molar-refractivity contribution in [1.82, 2.24) is 9.21 Å². The van der Waals surface area contributed by atoms with E-state index in [1.165, 1.54) is 6.07 Å². The molecule has 3 rings (SSSR count). The van der Waals surface area contributed by atoms with E-state index in [0.717, 1.165) is 18.4 Å². The number of hydrogen-bond donors (Lipinski definition) is 1. The zero-order valence-corrected chi connectivity index (χ0v) is 14.1. The Kier molecular flexibility index (Phi) is 4.33. The van der Waals surface area contributed by atoms with Crippen LogP contribution in [0.5, 0.6) is 5.75 Å². The van der Waals surface area contributed by atoms with Crippen molar-refractivity contribution in [3.63, 3.8) is 0 Å². The molecule has 2 aliphatic heterocycles. The smallest absolute Gasteiger partial charge is 0.254 e. The van der Waals surface area contributed by atoms with Gasteiger partial charge in [-0.25, -0.2) is 8.42 Å². The van der Waals surface area contributed by atoms with Gasteiger partial charge in [-0.05, 0) is 43.9 Å². The third kappa shape index (κ3) is 3.21. The Hall–Kier alpha value is -1.60. The average molecular weight is 338 g/mol. The van der Waals surface area contributed by atoms with Crippen LogP contribution in [0.3, 0.4) is 0 Å². The molecule has 1 N–H and O–H groups in total. The van der Waals surface area contributed by atoms with Crippen molar-refractivity contribution in [2.24, 2.45) is 0 Å². The standard InChI is InChI=1S/C16H22N2O4S/c1-12-5-6-13(10-15(12)19)16(20)17-7-2-4-14(11-17)18-8-3-9-23(18,21)22/h5-6,10,14,19H,2-4,7-9,11H2,1H3/t14-/m1/s1. The molecule has 0 aliphatic carbocycles. The molecule has 6 nitrogen and oxygen atoms in total. The maximum atomic E-state index is 12.6. The molecule has 2 heterocycles. The first-order valence-corrected chi connectivity index (χ1v) is 9.58. The molecule has 2 aliphatic rings. The molecule has 7 heteroatoms. The van der Waals surface area contributed by atoms with Crippen LogP contribution in [0.25, 0.3) is 0 Å². The van der Waals surface area contributed by atoms with E-state index in [2.05, 4.69) is 0 Å². The predicted octanol–water partition coefficient (Wildman–Crippen LogP) is 1.34. The summed E-state index contributed by atoms with van der Waals surface area (Å²) in [5, 5.41) is 9.78. The summed E-state index contributed by atoms with van der Waals surface area (Å²) in [6.07, 6.45) is 2.25. The van der Waals surface area contributed by atoms with Crippen molar-refractivity contribution < 1.29 is 18.3 Å². The van der Waals surface area contributed by atoms with Crippen LogP contribution < -0.4 is 0 Å². The second kappa shape index (κ2) is 6.13. The fourth-order valence-corrected chi connectivity index (χ4v) is 5.13. The van der Waals surface area contributed by atoms with E-state index in [1.807, 2.05) is 0 Å². The average Bonchev–Trinajstić information content (AvgIpc) is 2.89. The molecule has 0 spiro atoms. The number of likely N-dealkylation sites (tertiary alicyclic amines) is 1. The topological polar surface area (TPSA) is 77.9 Å². The van der Waals surface area contributed by atoms with Crippen LogP contribution >= 0.6 is 0 Å². The van der Waals surface area contributed by atoms with Crippen molar-refractivity contribution >= 4 is 15.9 Å². The van der Waals surface area contributed by atoms with Crippen molar-refractivity contribution in [2.45, 2.75) is 32.2 Å². The minimum absolute atomic E-state index is 0.103. The third-order valence-electron chi connectivity index (χ3n) is 4.69. The normalized spacial score (nSPS) is 24.7. The SMILES string of the molecule is Cc1ccc(C(=O)N2CCC[C@@H](N3CCCS3(=O)=O)C2)cc1O. The van der Waals surface area contributed by atoms with Gasteiger partial charge in [0.1, 0.15) is 5.75 Å². The molecule has 2 fully saturated rings. The van der Waals surface area contributed by atoms with Gasteiger partial charge in [-0.3, -0.25) is 4.79 Å². The summed E-state index contributed by atoms with van der Waals surface area (Å²) in [6.45, 7) is 3.38.